The summed E-state index contributed by atoms with van der Waals surface area (Å²) in [5, 5.41) is 3.37. The zero-order valence-corrected chi connectivity index (χ0v) is 13.8. The number of benzene rings is 1. The second-order valence-electron chi connectivity index (χ2n) is 6.06. The Morgan fingerprint density at radius 3 is 2.70 bits per heavy atom. The summed E-state index contributed by atoms with van der Waals surface area (Å²) in [5.41, 5.74) is 0.817. The Labute approximate surface area is 136 Å². The standard InChI is InChI=1S/C17H21NO4S/c19-17(12-23(20,21)15-6-2-3-7-15)18-10-9-14-11-13-5-1-4-8-16(13)22-14/h1,4-5,8,11,15H,2-3,6-7,9-10,12H2,(H,18,19). The van der Waals surface area contributed by atoms with Crippen molar-refractivity contribution in [2.24, 2.45) is 0 Å². The Bertz CT molecular complexity index is 755. The molecular formula is C17H21NO4S. The van der Waals surface area contributed by atoms with E-state index in [1.54, 1.807) is 0 Å². The predicted octanol–water partition coefficient (Wildman–Crippen LogP) is 2.45. The van der Waals surface area contributed by atoms with Crippen molar-refractivity contribution in [1.29, 1.82) is 0 Å². The van der Waals surface area contributed by atoms with E-state index in [0.717, 1.165) is 29.6 Å². The molecule has 1 aromatic heterocycles. The number of carbonyl (C=O) groups excluding carboxylic acids is 1. The smallest absolute Gasteiger partial charge is 0.235 e. The molecule has 1 aromatic carbocycles. The Balaban J connectivity index is 1.49. The lowest BCUT2D eigenvalue weighted by molar-refractivity contribution is -0.118. The summed E-state index contributed by atoms with van der Waals surface area (Å²) in [6.07, 6.45) is 3.81. The van der Waals surface area contributed by atoms with Crippen molar-refractivity contribution < 1.29 is 17.6 Å². The van der Waals surface area contributed by atoms with Crippen LogP contribution in [0.5, 0.6) is 0 Å². The first-order chi connectivity index (χ1) is 11.0. The van der Waals surface area contributed by atoms with Crippen molar-refractivity contribution in [2.45, 2.75) is 37.4 Å². The monoisotopic (exact) mass is 335 g/mol. The number of hydrogen-bond acceptors (Lipinski definition) is 4. The van der Waals surface area contributed by atoms with Crippen LogP contribution in [0.25, 0.3) is 11.0 Å². The molecule has 1 aliphatic carbocycles. The number of furan rings is 1. The molecule has 1 heterocycles. The third-order valence-electron chi connectivity index (χ3n) is 4.31. The lowest BCUT2D eigenvalue weighted by Crippen LogP contribution is -2.35. The molecule has 1 amide bonds. The number of amides is 1. The topological polar surface area (TPSA) is 76.4 Å². The van der Waals surface area contributed by atoms with Gasteiger partial charge in [-0.1, -0.05) is 31.0 Å². The lowest BCUT2D eigenvalue weighted by Gasteiger charge is -2.10. The van der Waals surface area contributed by atoms with Crippen LogP contribution in [0.4, 0.5) is 0 Å². The molecule has 23 heavy (non-hydrogen) atoms. The molecule has 0 atom stereocenters. The van der Waals surface area contributed by atoms with Crippen LogP contribution in [0.3, 0.4) is 0 Å². The van der Waals surface area contributed by atoms with Gasteiger partial charge in [0.2, 0.25) is 5.91 Å². The number of para-hydroxylation sites is 1. The first-order valence-corrected chi connectivity index (χ1v) is 9.72. The van der Waals surface area contributed by atoms with E-state index in [1.807, 2.05) is 30.3 Å². The maximum Gasteiger partial charge on any atom is 0.235 e. The van der Waals surface area contributed by atoms with Crippen molar-refractivity contribution in [2.75, 3.05) is 12.3 Å². The Morgan fingerprint density at radius 1 is 1.22 bits per heavy atom. The molecule has 1 aliphatic rings. The van der Waals surface area contributed by atoms with Crippen LogP contribution >= 0.6 is 0 Å². The van der Waals surface area contributed by atoms with Gasteiger partial charge in [0.05, 0.1) is 5.25 Å². The normalized spacial score (nSPS) is 16.0. The summed E-state index contributed by atoms with van der Waals surface area (Å²) in [6.45, 7) is 0.374. The van der Waals surface area contributed by atoms with E-state index < -0.39 is 21.5 Å². The molecule has 0 aliphatic heterocycles. The van der Waals surface area contributed by atoms with Crippen molar-refractivity contribution in [1.82, 2.24) is 5.32 Å². The first kappa shape index (κ1) is 16.1. The van der Waals surface area contributed by atoms with Crippen LogP contribution < -0.4 is 5.32 Å². The fraction of sp³-hybridized carbons (Fsp3) is 0.471. The van der Waals surface area contributed by atoms with Crippen molar-refractivity contribution in [3.8, 4) is 0 Å². The highest BCUT2D eigenvalue weighted by Crippen LogP contribution is 2.25. The molecule has 5 nitrogen and oxygen atoms in total. The fourth-order valence-electron chi connectivity index (χ4n) is 3.08. The third kappa shape index (κ3) is 3.93. The van der Waals surface area contributed by atoms with Crippen LogP contribution in [0.15, 0.2) is 34.7 Å². The maximum absolute atomic E-state index is 12.1. The summed E-state index contributed by atoms with van der Waals surface area (Å²) in [5.74, 6) is -0.0456. The van der Waals surface area contributed by atoms with Gasteiger partial charge in [-0.2, -0.15) is 0 Å². The number of sulfone groups is 1. The molecule has 0 unspecified atom stereocenters. The molecule has 6 heteroatoms. The van der Waals surface area contributed by atoms with E-state index >= 15 is 0 Å². The Kier molecular flexibility index (Phi) is 4.71. The maximum atomic E-state index is 12.1. The predicted molar refractivity (Wildman–Crippen MR) is 89.0 cm³/mol. The van der Waals surface area contributed by atoms with Crippen molar-refractivity contribution in [3.63, 3.8) is 0 Å². The second-order valence-corrected chi connectivity index (χ2v) is 8.35. The Morgan fingerprint density at radius 2 is 1.96 bits per heavy atom. The highest BCUT2D eigenvalue weighted by Gasteiger charge is 2.30. The molecule has 0 spiro atoms. The highest BCUT2D eigenvalue weighted by molar-refractivity contribution is 7.92. The first-order valence-electron chi connectivity index (χ1n) is 8.00. The van der Waals surface area contributed by atoms with Crippen molar-refractivity contribution >= 4 is 26.7 Å². The van der Waals surface area contributed by atoms with Crippen LogP contribution in [0, 0.1) is 0 Å². The van der Waals surface area contributed by atoms with Gasteiger partial charge in [-0.3, -0.25) is 4.79 Å². The van der Waals surface area contributed by atoms with Crippen LogP contribution in [0.2, 0.25) is 0 Å². The summed E-state index contributed by atoms with van der Waals surface area (Å²) in [6, 6.07) is 9.65. The molecule has 0 saturated heterocycles. The summed E-state index contributed by atoms with van der Waals surface area (Å²) in [7, 11) is -3.31. The highest BCUT2D eigenvalue weighted by atomic mass is 32.2. The van der Waals surface area contributed by atoms with E-state index in [-0.39, 0.29) is 5.25 Å². The fourth-order valence-corrected chi connectivity index (χ4v) is 4.84. The molecule has 1 saturated carbocycles. The zero-order valence-electron chi connectivity index (χ0n) is 13.0. The van der Waals surface area contributed by atoms with E-state index in [1.165, 1.54) is 0 Å². The molecule has 3 rings (SSSR count). The van der Waals surface area contributed by atoms with Gasteiger partial charge < -0.3 is 9.73 Å². The number of carbonyl (C=O) groups is 1. The average molecular weight is 335 g/mol. The number of nitrogens with one attached hydrogen (secondary N) is 1. The number of rotatable bonds is 6. The van der Waals surface area contributed by atoms with Gasteiger partial charge in [-0.05, 0) is 25.0 Å². The Hall–Kier alpha value is -1.82. The van der Waals surface area contributed by atoms with Crippen LogP contribution in [0.1, 0.15) is 31.4 Å². The van der Waals surface area contributed by atoms with Crippen LogP contribution in [-0.4, -0.2) is 31.9 Å². The van der Waals surface area contributed by atoms with Crippen molar-refractivity contribution in [3.05, 3.63) is 36.1 Å². The molecule has 1 fully saturated rings. The minimum Gasteiger partial charge on any atom is -0.461 e. The molecule has 2 aromatic rings. The quantitative estimate of drug-likeness (QED) is 0.880. The zero-order chi connectivity index (χ0) is 16.3. The summed E-state index contributed by atoms with van der Waals surface area (Å²) >= 11 is 0. The van der Waals surface area contributed by atoms with Gasteiger partial charge in [-0.15, -0.1) is 0 Å². The van der Waals surface area contributed by atoms with Gasteiger partial charge >= 0.3 is 0 Å². The largest absolute Gasteiger partial charge is 0.461 e. The molecule has 1 N–H and O–H groups in total. The molecular weight excluding hydrogens is 314 g/mol. The summed E-state index contributed by atoms with van der Waals surface area (Å²) < 4.78 is 29.9. The van der Waals surface area contributed by atoms with Gasteiger partial charge in [0.15, 0.2) is 9.84 Å². The number of hydrogen-bond donors (Lipinski definition) is 1. The van der Waals surface area contributed by atoms with E-state index in [4.69, 9.17) is 4.42 Å². The summed E-state index contributed by atoms with van der Waals surface area (Å²) in [4.78, 5) is 11.9. The van der Waals surface area contributed by atoms with Gasteiger partial charge in [-0.25, -0.2) is 8.42 Å². The average Bonchev–Trinajstić information content (AvgIpc) is 3.16. The molecule has 0 bridgehead atoms. The van der Waals surface area contributed by atoms with Crippen LogP contribution in [-0.2, 0) is 21.1 Å². The van der Waals surface area contributed by atoms with Gasteiger partial charge in [0, 0.05) is 18.4 Å². The third-order valence-corrected chi connectivity index (χ3v) is 6.46. The van der Waals surface area contributed by atoms with E-state index in [9.17, 15) is 13.2 Å². The molecule has 124 valence electrons. The lowest BCUT2D eigenvalue weighted by atomic mass is 10.2. The minimum absolute atomic E-state index is 0.330. The molecule has 0 radical (unpaired) electrons. The SMILES string of the molecule is O=C(CS(=O)(=O)C1CCCC1)NCCc1cc2ccccc2o1. The van der Waals surface area contributed by atoms with Gasteiger partial charge in [0.25, 0.3) is 0 Å². The number of fused-ring (bicyclic) bond motifs is 1. The van der Waals surface area contributed by atoms with Gasteiger partial charge in [0.1, 0.15) is 17.1 Å². The minimum atomic E-state index is -3.31. The van der Waals surface area contributed by atoms with E-state index in [2.05, 4.69) is 5.32 Å². The van der Waals surface area contributed by atoms with E-state index in [0.29, 0.717) is 25.8 Å². The second kappa shape index (κ2) is 6.74.